The molecule has 0 radical (unpaired) electrons. The fraction of sp³-hybridized carbons (Fsp3) is 0.333. The van der Waals surface area contributed by atoms with Crippen LogP contribution in [-0.2, 0) is 10.0 Å². The van der Waals surface area contributed by atoms with E-state index < -0.39 is 15.8 Å². The number of halogens is 2. The summed E-state index contributed by atoms with van der Waals surface area (Å²) in [5.74, 6) is -0.530. The third kappa shape index (κ3) is 3.90. The van der Waals surface area contributed by atoms with E-state index in [0.29, 0.717) is 25.9 Å². The van der Waals surface area contributed by atoms with Gasteiger partial charge in [-0.1, -0.05) is 15.9 Å². The molecule has 1 aromatic heterocycles. The zero-order valence-electron chi connectivity index (χ0n) is 12.6. The second-order valence-corrected chi connectivity index (χ2v) is 8.21. The van der Waals surface area contributed by atoms with Gasteiger partial charge < -0.3 is 4.74 Å². The second kappa shape index (κ2) is 7.12. The molecule has 0 bridgehead atoms. The minimum Gasteiger partial charge on any atom is -0.460 e. The van der Waals surface area contributed by atoms with Gasteiger partial charge in [0.2, 0.25) is 10.0 Å². The van der Waals surface area contributed by atoms with Crippen molar-refractivity contribution in [3.63, 3.8) is 0 Å². The summed E-state index contributed by atoms with van der Waals surface area (Å²) in [5.41, 5.74) is 0. The molecule has 0 saturated carbocycles. The molecular formula is C15H15BrFN3O3S. The van der Waals surface area contributed by atoms with Crippen LogP contribution in [0.1, 0.15) is 12.8 Å². The van der Waals surface area contributed by atoms with Crippen molar-refractivity contribution in [2.75, 3.05) is 13.1 Å². The van der Waals surface area contributed by atoms with E-state index in [1.54, 1.807) is 24.3 Å². The Morgan fingerprint density at radius 3 is 2.29 bits per heavy atom. The first-order valence-electron chi connectivity index (χ1n) is 7.35. The van der Waals surface area contributed by atoms with E-state index in [1.165, 1.54) is 4.31 Å². The Balaban J connectivity index is 1.62. The Hall–Kier alpha value is -1.58. The maximum atomic E-state index is 12.8. The molecule has 1 saturated heterocycles. The fourth-order valence-electron chi connectivity index (χ4n) is 2.46. The molecule has 1 aliphatic rings. The third-order valence-electron chi connectivity index (χ3n) is 3.72. The van der Waals surface area contributed by atoms with Crippen molar-refractivity contribution in [1.29, 1.82) is 0 Å². The maximum Gasteiger partial charge on any atom is 0.316 e. The van der Waals surface area contributed by atoms with Crippen molar-refractivity contribution < 1.29 is 17.5 Å². The van der Waals surface area contributed by atoms with Crippen LogP contribution in [0.25, 0.3) is 0 Å². The number of sulfonamides is 1. The summed E-state index contributed by atoms with van der Waals surface area (Å²) in [4.78, 5) is 7.77. The summed E-state index contributed by atoms with van der Waals surface area (Å²) >= 11 is 3.29. The number of ether oxygens (including phenoxy) is 1. The van der Waals surface area contributed by atoms with E-state index in [2.05, 4.69) is 25.9 Å². The number of nitrogens with zero attached hydrogens (tertiary/aromatic N) is 3. The van der Waals surface area contributed by atoms with Gasteiger partial charge in [0.05, 0.1) is 17.3 Å². The van der Waals surface area contributed by atoms with Gasteiger partial charge >= 0.3 is 6.01 Å². The van der Waals surface area contributed by atoms with Gasteiger partial charge in [-0.2, -0.15) is 4.31 Å². The van der Waals surface area contributed by atoms with Gasteiger partial charge in [0.15, 0.2) is 5.82 Å². The minimum atomic E-state index is -3.50. The van der Waals surface area contributed by atoms with Crippen LogP contribution in [0.15, 0.2) is 46.0 Å². The van der Waals surface area contributed by atoms with Crippen LogP contribution in [0.2, 0.25) is 0 Å². The second-order valence-electron chi connectivity index (χ2n) is 5.36. The van der Waals surface area contributed by atoms with Gasteiger partial charge in [-0.05, 0) is 37.1 Å². The molecule has 9 heteroatoms. The van der Waals surface area contributed by atoms with Gasteiger partial charge in [-0.25, -0.2) is 22.8 Å². The van der Waals surface area contributed by atoms with Crippen LogP contribution < -0.4 is 4.74 Å². The number of hydrogen-bond donors (Lipinski definition) is 0. The van der Waals surface area contributed by atoms with E-state index in [-0.39, 0.29) is 17.0 Å². The van der Waals surface area contributed by atoms with Crippen molar-refractivity contribution in [1.82, 2.24) is 14.3 Å². The molecule has 1 fully saturated rings. The Morgan fingerprint density at radius 2 is 1.71 bits per heavy atom. The highest BCUT2D eigenvalue weighted by Crippen LogP contribution is 2.23. The summed E-state index contributed by atoms with van der Waals surface area (Å²) in [6.45, 7) is 0.703. The van der Waals surface area contributed by atoms with Crippen molar-refractivity contribution in [2.24, 2.45) is 0 Å². The number of aromatic nitrogens is 2. The van der Waals surface area contributed by atoms with Crippen LogP contribution in [0, 0.1) is 5.82 Å². The van der Waals surface area contributed by atoms with Crippen LogP contribution in [-0.4, -0.2) is 41.9 Å². The molecule has 3 rings (SSSR count). The first-order valence-corrected chi connectivity index (χ1v) is 9.58. The maximum absolute atomic E-state index is 12.8. The first kappa shape index (κ1) is 17.2. The largest absolute Gasteiger partial charge is 0.460 e. The van der Waals surface area contributed by atoms with E-state index >= 15 is 0 Å². The molecule has 0 atom stereocenters. The number of rotatable bonds is 4. The predicted molar refractivity (Wildman–Crippen MR) is 88.5 cm³/mol. The zero-order chi connectivity index (χ0) is 17.2. The molecule has 24 heavy (non-hydrogen) atoms. The van der Waals surface area contributed by atoms with Gasteiger partial charge in [0.1, 0.15) is 6.10 Å². The highest BCUT2D eigenvalue weighted by molar-refractivity contribution is 9.10. The molecule has 6 nitrogen and oxygen atoms in total. The molecular weight excluding hydrogens is 401 g/mol. The summed E-state index contributed by atoms with van der Waals surface area (Å²) in [7, 11) is -3.50. The molecule has 0 aliphatic carbocycles. The molecule has 0 N–H and O–H groups in total. The van der Waals surface area contributed by atoms with Crippen LogP contribution in [0.5, 0.6) is 6.01 Å². The molecule has 0 spiro atoms. The van der Waals surface area contributed by atoms with Gasteiger partial charge in [0, 0.05) is 17.6 Å². The Kier molecular flexibility index (Phi) is 5.12. The summed E-state index contributed by atoms with van der Waals surface area (Å²) < 4.78 is 45.8. The number of piperidine rings is 1. The quantitative estimate of drug-likeness (QED) is 0.767. The number of benzene rings is 1. The molecule has 2 aromatic rings. The van der Waals surface area contributed by atoms with Gasteiger partial charge in [-0.15, -0.1) is 0 Å². The van der Waals surface area contributed by atoms with Crippen molar-refractivity contribution in [3.05, 3.63) is 46.9 Å². The topological polar surface area (TPSA) is 72.4 Å². The highest BCUT2D eigenvalue weighted by Gasteiger charge is 2.30. The van der Waals surface area contributed by atoms with E-state index in [9.17, 15) is 12.8 Å². The molecule has 1 aliphatic heterocycles. The molecule has 1 aromatic carbocycles. The first-order chi connectivity index (χ1) is 11.4. The lowest BCUT2D eigenvalue weighted by molar-refractivity contribution is 0.124. The lowest BCUT2D eigenvalue weighted by Crippen LogP contribution is -2.41. The average Bonchev–Trinajstić information content (AvgIpc) is 2.58. The monoisotopic (exact) mass is 415 g/mol. The fourth-order valence-corrected chi connectivity index (χ4v) is 4.19. The van der Waals surface area contributed by atoms with E-state index in [4.69, 9.17) is 4.74 Å². The molecule has 0 amide bonds. The van der Waals surface area contributed by atoms with E-state index in [0.717, 1.165) is 16.9 Å². The SMILES string of the molecule is O=S(=O)(c1ccc(Br)cc1)N1CCC(Oc2ncc(F)cn2)CC1. The minimum absolute atomic E-state index is 0.102. The zero-order valence-corrected chi connectivity index (χ0v) is 15.0. The van der Waals surface area contributed by atoms with Crippen molar-refractivity contribution in [3.8, 4) is 6.01 Å². The van der Waals surface area contributed by atoms with Crippen LogP contribution in [0.4, 0.5) is 4.39 Å². The molecule has 2 heterocycles. The Morgan fingerprint density at radius 1 is 1.12 bits per heavy atom. The van der Waals surface area contributed by atoms with Gasteiger partial charge in [-0.3, -0.25) is 0 Å². The third-order valence-corrected chi connectivity index (χ3v) is 6.16. The van der Waals surface area contributed by atoms with Crippen LogP contribution in [0.3, 0.4) is 0 Å². The highest BCUT2D eigenvalue weighted by atomic mass is 79.9. The molecule has 128 valence electrons. The Bertz CT molecular complexity index is 792. The molecule has 0 unspecified atom stereocenters. The normalized spacial score (nSPS) is 16.9. The Labute approximate surface area is 147 Å². The van der Waals surface area contributed by atoms with Crippen LogP contribution >= 0.6 is 15.9 Å². The van der Waals surface area contributed by atoms with Gasteiger partial charge in [0.25, 0.3) is 0 Å². The van der Waals surface area contributed by atoms with E-state index in [1.807, 2.05) is 0 Å². The summed E-state index contributed by atoms with van der Waals surface area (Å²) in [6, 6.07) is 6.66. The standard InChI is InChI=1S/C15H15BrFN3O3S/c16-11-1-3-14(4-2-11)24(21,22)20-7-5-13(6-8-20)23-15-18-9-12(17)10-19-15/h1-4,9-10,13H,5-8H2. The number of hydrogen-bond acceptors (Lipinski definition) is 5. The predicted octanol–water partition coefficient (Wildman–Crippen LogP) is 2.61. The lowest BCUT2D eigenvalue weighted by atomic mass is 10.1. The van der Waals surface area contributed by atoms with Crippen molar-refractivity contribution >= 4 is 26.0 Å². The van der Waals surface area contributed by atoms with Crippen molar-refractivity contribution in [2.45, 2.75) is 23.8 Å². The summed E-state index contributed by atoms with van der Waals surface area (Å²) in [5, 5.41) is 0. The smallest absolute Gasteiger partial charge is 0.316 e. The summed E-state index contributed by atoms with van der Waals surface area (Å²) in [6.07, 6.45) is 2.93. The average molecular weight is 416 g/mol. The lowest BCUT2D eigenvalue weighted by Gasteiger charge is -2.30.